The van der Waals surface area contributed by atoms with E-state index >= 15 is 0 Å². The topological polar surface area (TPSA) is 72.3 Å². The van der Waals surface area contributed by atoms with Crippen LogP contribution in [0.15, 0.2) is 30.6 Å². The average Bonchev–Trinajstić information content (AvgIpc) is 3.34. The summed E-state index contributed by atoms with van der Waals surface area (Å²) < 4.78 is 6.97. The fourth-order valence-corrected chi connectivity index (χ4v) is 2.63. The number of ether oxygens (including phenoxy) is 1. The number of hydrogen-bond donors (Lipinski definition) is 1. The Morgan fingerprint density at radius 1 is 1.42 bits per heavy atom. The van der Waals surface area contributed by atoms with Crippen LogP contribution < -0.4 is 5.32 Å². The smallest absolute Gasteiger partial charge is 0.322 e. The quantitative estimate of drug-likeness (QED) is 0.847. The SMILES string of the molecule is COCCn1cnnc1CN(C)C(=O)Nc1ccccc1C1CC1. The number of urea groups is 1. The molecule has 0 spiro atoms. The number of carbonyl (C=O) groups excluding carboxylic acids is 1. The number of methoxy groups -OCH3 is 1. The number of amides is 2. The first-order valence-corrected chi connectivity index (χ1v) is 8.15. The predicted octanol–water partition coefficient (Wildman–Crippen LogP) is 2.47. The molecule has 0 unspecified atom stereocenters. The lowest BCUT2D eigenvalue weighted by Gasteiger charge is -2.19. The van der Waals surface area contributed by atoms with Crippen LogP contribution in [0.25, 0.3) is 0 Å². The van der Waals surface area contributed by atoms with Crippen LogP contribution in [0.2, 0.25) is 0 Å². The summed E-state index contributed by atoms with van der Waals surface area (Å²) in [5, 5.41) is 11.0. The molecule has 1 aromatic heterocycles. The number of para-hydroxylation sites is 1. The Hall–Kier alpha value is -2.41. The van der Waals surface area contributed by atoms with E-state index in [1.54, 1.807) is 25.4 Å². The number of rotatable bonds is 7. The van der Waals surface area contributed by atoms with E-state index in [-0.39, 0.29) is 6.03 Å². The van der Waals surface area contributed by atoms with Crippen molar-refractivity contribution in [1.29, 1.82) is 0 Å². The summed E-state index contributed by atoms with van der Waals surface area (Å²) in [6, 6.07) is 7.87. The van der Waals surface area contributed by atoms with Gasteiger partial charge in [-0.3, -0.25) is 0 Å². The van der Waals surface area contributed by atoms with Crippen LogP contribution in [0.5, 0.6) is 0 Å². The van der Waals surface area contributed by atoms with Crippen molar-refractivity contribution in [2.24, 2.45) is 0 Å². The Labute approximate surface area is 141 Å². The number of aromatic nitrogens is 3. The minimum atomic E-state index is -0.149. The van der Waals surface area contributed by atoms with Crippen molar-refractivity contribution < 1.29 is 9.53 Å². The Bertz CT molecular complexity index is 696. The van der Waals surface area contributed by atoms with Gasteiger partial charge in [-0.1, -0.05) is 18.2 Å². The van der Waals surface area contributed by atoms with Gasteiger partial charge in [-0.05, 0) is 30.4 Å². The lowest BCUT2D eigenvalue weighted by molar-refractivity contribution is 0.184. The molecular weight excluding hydrogens is 306 g/mol. The highest BCUT2D eigenvalue weighted by Gasteiger charge is 2.26. The maximum atomic E-state index is 12.5. The maximum Gasteiger partial charge on any atom is 0.322 e. The largest absolute Gasteiger partial charge is 0.383 e. The van der Waals surface area contributed by atoms with Crippen LogP contribution in [0.3, 0.4) is 0 Å². The summed E-state index contributed by atoms with van der Waals surface area (Å²) in [5.74, 6) is 1.32. The van der Waals surface area contributed by atoms with Gasteiger partial charge < -0.3 is 19.5 Å². The summed E-state index contributed by atoms with van der Waals surface area (Å²) in [5.41, 5.74) is 2.13. The Morgan fingerprint density at radius 3 is 2.96 bits per heavy atom. The number of carbonyl (C=O) groups is 1. The monoisotopic (exact) mass is 329 g/mol. The van der Waals surface area contributed by atoms with Gasteiger partial charge in [0.25, 0.3) is 0 Å². The lowest BCUT2D eigenvalue weighted by Crippen LogP contribution is -2.32. The van der Waals surface area contributed by atoms with Gasteiger partial charge >= 0.3 is 6.03 Å². The highest BCUT2D eigenvalue weighted by molar-refractivity contribution is 5.90. The minimum Gasteiger partial charge on any atom is -0.383 e. The molecule has 0 aliphatic heterocycles. The van der Waals surface area contributed by atoms with Gasteiger partial charge in [-0.15, -0.1) is 10.2 Å². The van der Waals surface area contributed by atoms with Crippen molar-refractivity contribution in [1.82, 2.24) is 19.7 Å². The summed E-state index contributed by atoms with van der Waals surface area (Å²) in [6.45, 7) is 1.63. The first-order valence-electron chi connectivity index (χ1n) is 8.15. The molecule has 1 saturated carbocycles. The molecule has 0 saturated heterocycles. The molecule has 128 valence electrons. The van der Waals surface area contributed by atoms with Crippen molar-refractivity contribution in [2.45, 2.75) is 31.8 Å². The molecule has 2 aromatic rings. The Kier molecular flexibility index (Phi) is 5.10. The van der Waals surface area contributed by atoms with Crippen LogP contribution in [-0.4, -0.2) is 46.5 Å². The zero-order valence-electron chi connectivity index (χ0n) is 14.1. The van der Waals surface area contributed by atoms with Crippen molar-refractivity contribution in [2.75, 3.05) is 26.1 Å². The van der Waals surface area contributed by atoms with Gasteiger partial charge in [0.2, 0.25) is 0 Å². The lowest BCUT2D eigenvalue weighted by atomic mass is 10.1. The third-order valence-electron chi connectivity index (χ3n) is 4.18. The molecule has 2 amide bonds. The molecule has 0 atom stereocenters. The number of nitrogens with one attached hydrogen (secondary N) is 1. The summed E-state index contributed by atoms with van der Waals surface area (Å²) in [4.78, 5) is 14.1. The van der Waals surface area contributed by atoms with Crippen LogP contribution in [0.1, 0.15) is 30.1 Å². The van der Waals surface area contributed by atoms with Gasteiger partial charge in [0.1, 0.15) is 6.33 Å². The molecular formula is C17H23N5O2. The fourth-order valence-electron chi connectivity index (χ4n) is 2.63. The van der Waals surface area contributed by atoms with E-state index in [9.17, 15) is 4.79 Å². The van der Waals surface area contributed by atoms with E-state index in [1.165, 1.54) is 18.4 Å². The van der Waals surface area contributed by atoms with E-state index < -0.39 is 0 Å². The molecule has 0 bridgehead atoms. The summed E-state index contributed by atoms with van der Waals surface area (Å²) in [6.07, 6.45) is 4.05. The fraction of sp³-hybridized carbons (Fsp3) is 0.471. The predicted molar refractivity (Wildman–Crippen MR) is 90.8 cm³/mol. The highest BCUT2D eigenvalue weighted by atomic mass is 16.5. The van der Waals surface area contributed by atoms with Crippen LogP contribution in [0.4, 0.5) is 10.5 Å². The normalized spacial score (nSPS) is 13.8. The summed E-state index contributed by atoms with van der Waals surface area (Å²) in [7, 11) is 3.41. The first kappa shape index (κ1) is 16.4. The van der Waals surface area contributed by atoms with Crippen molar-refractivity contribution in [3.63, 3.8) is 0 Å². The van der Waals surface area contributed by atoms with Crippen molar-refractivity contribution in [3.05, 3.63) is 42.0 Å². The Morgan fingerprint density at radius 2 is 2.21 bits per heavy atom. The second kappa shape index (κ2) is 7.44. The van der Waals surface area contributed by atoms with E-state index in [1.807, 2.05) is 22.8 Å². The number of anilines is 1. The Balaban J connectivity index is 1.62. The van der Waals surface area contributed by atoms with Crippen LogP contribution >= 0.6 is 0 Å². The molecule has 1 aliphatic rings. The zero-order chi connectivity index (χ0) is 16.9. The van der Waals surface area contributed by atoms with E-state index in [0.29, 0.717) is 25.6 Å². The van der Waals surface area contributed by atoms with Gasteiger partial charge in [-0.25, -0.2) is 4.79 Å². The molecule has 7 nitrogen and oxygen atoms in total. The second-order valence-electron chi connectivity index (χ2n) is 6.08. The molecule has 1 aromatic carbocycles. The van der Waals surface area contributed by atoms with E-state index in [0.717, 1.165) is 11.5 Å². The molecule has 7 heteroatoms. The summed E-state index contributed by atoms with van der Waals surface area (Å²) >= 11 is 0. The van der Waals surface area contributed by atoms with Gasteiger partial charge in [0, 0.05) is 26.4 Å². The van der Waals surface area contributed by atoms with Crippen LogP contribution in [-0.2, 0) is 17.8 Å². The maximum absolute atomic E-state index is 12.5. The number of hydrogen-bond acceptors (Lipinski definition) is 4. The highest BCUT2D eigenvalue weighted by Crippen LogP contribution is 2.43. The minimum absolute atomic E-state index is 0.149. The van der Waals surface area contributed by atoms with Gasteiger partial charge in [-0.2, -0.15) is 0 Å². The van der Waals surface area contributed by atoms with Gasteiger partial charge in [0.05, 0.1) is 13.2 Å². The van der Waals surface area contributed by atoms with E-state index in [4.69, 9.17) is 4.74 Å². The number of benzene rings is 1. The third kappa shape index (κ3) is 3.91. The number of nitrogens with zero attached hydrogens (tertiary/aromatic N) is 4. The average molecular weight is 329 g/mol. The molecule has 1 fully saturated rings. The van der Waals surface area contributed by atoms with Crippen LogP contribution in [0, 0.1) is 0 Å². The molecule has 1 heterocycles. The van der Waals surface area contributed by atoms with Crippen molar-refractivity contribution in [3.8, 4) is 0 Å². The zero-order valence-corrected chi connectivity index (χ0v) is 14.1. The molecule has 0 radical (unpaired) electrons. The molecule has 3 rings (SSSR count). The third-order valence-corrected chi connectivity index (χ3v) is 4.18. The molecule has 1 N–H and O–H groups in total. The van der Waals surface area contributed by atoms with Gasteiger partial charge in [0.15, 0.2) is 5.82 Å². The second-order valence-corrected chi connectivity index (χ2v) is 6.08. The molecule has 1 aliphatic carbocycles. The first-order chi connectivity index (χ1) is 11.7. The van der Waals surface area contributed by atoms with E-state index in [2.05, 4.69) is 21.6 Å². The standard InChI is InChI=1S/C17H23N5O2/c1-21(11-16-20-18-12-22(16)9-10-24-2)17(23)19-15-6-4-3-5-14(15)13-7-8-13/h3-6,12-13H,7-11H2,1-2H3,(H,19,23). The van der Waals surface area contributed by atoms with Crippen molar-refractivity contribution >= 4 is 11.7 Å². The molecule has 24 heavy (non-hydrogen) atoms.